The van der Waals surface area contributed by atoms with E-state index in [1.807, 2.05) is 0 Å². The van der Waals surface area contributed by atoms with E-state index in [-0.39, 0.29) is 11.9 Å². The van der Waals surface area contributed by atoms with Gasteiger partial charge in [-0.15, -0.1) is 0 Å². The Bertz CT molecular complexity index is 242. The first-order valence-electron chi connectivity index (χ1n) is 6.26. The van der Waals surface area contributed by atoms with Gasteiger partial charge >= 0.3 is 0 Å². The Morgan fingerprint density at radius 1 is 1.53 bits per heavy atom. The maximum Gasteiger partial charge on any atom is 0.237 e. The molecule has 2 aliphatic rings. The van der Waals surface area contributed by atoms with E-state index in [1.54, 1.807) is 0 Å². The van der Waals surface area contributed by atoms with Crippen molar-refractivity contribution in [2.24, 2.45) is 11.8 Å². The minimum absolute atomic E-state index is 0.0628. The third kappa shape index (κ3) is 2.51. The summed E-state index contributed by atoms with van der Waals surface area (Å²) in [6.45, 7) is 5.35. The van der Waals surface area contributed by atoms with Crippen LogP contribution in [0.3, 0.4) is 0 Å². The van der Waals surface area contributed by atoms with Crippen molar-refractivity contribution in [2.75, 3.05) is 6.54 Å². The van der Waals surface area contributed by atoms with Gasteiger partial charge in [-0.2, -0.15) is 0 Å². The maximum absolute atomic E-state index is 11.9. The lowest BCUT2D eigenvalue weighted by Crippen LogP contribution is -2.44. The van der Waals surface area contributed by atoms with Crippen molar-refractivity contribution in [1.29, 1.82) is 0 Å². The van der Waals surface area contributed by atoms with Crippen LogP contribution in [0.5, 0.6) is 0 Å². The number of hydrogen-bond donors (Lipinski definition) is 2. The zero-order valence-electron chi connectivity index (χ0n) is 9.75. The van der Waals surface area contributed by atoms with Crippen molar-refractivity contribution in [3.8, 4) is 0 Å². The molecule has 2 N–H and O–H groups in total. The molecule has 1 aliphatic carbocycles. The fourth-order valence-corrected chi connectivity index (χ4v) is 2.57. The molecule has 0 aromatic rings. The minimum atomic E-state index is 0.0628. The second-order valence-electron chi connectivity index (χ2n) is 5.10. The molecule has 0 radical (unpaired) electrons. The van der Waals surface area contributed by atoms with E-state index in [0.29, 0.717) is 12.0 Å². The fraction of sp³-hybridized carbons (Fsp3) is 0.917. The Morgan fingerprint density at radius 2 is 2.33 bits per heavy atom. The van der Waals surface area contributed by atoms with Gasteiger partial charge in [0, 0.05) is 6.04 Å². The quantitative estimate of drug-likeness (QED) is 0.734. The van der Waals surface area contributed by atoms with Crippen LogP contribution in [0.1, 0.15) is 39.5 Å². The van der Waals surface area contributed by atoms with Crippen LogP contribution in [-0.2, 0) is 4.79 Å². The smallest absolute Gasteiger partial charge is 0.237 e. The molecule has 0 aromatic heterocycles. The molecular weight excluding hydrogens is 188 g/mol. The lowest BCUT2D eigenvalue weighted by Gasteiger charge is -2.15. The van der Waals surface area contributed by atoms with Gasteiger partial charge in [-0.05, 0) is 37.6 Å². The molecule has 2 rings (SSSR count). The molecule has 1 saturated carbocycles. The number of carbonyl (C=O) groups excluding carboxylic acids is 1. The largest absolute Gasteiger partial charge is 0.352 e. The summed E-state index contributed by atoms with van der Waals surface area (Å²) in [5, 5.41) is 6.43. The van der Waals surface area contributed by atoms with Crippen molar-refractivity contribution < 1.29 is 4.79 Å². The molecule has 2 fully saturated rings. The summed E-state index contributed by atoms with van der Waals surface area (Å²) in [6, 6.07) is 0.542. The monoisotopic (exact) mass is 210 g/mol. The normalized spacial score (nSPS) is 39.1. The van der Waals surface area contributed by atoms with Crippen LogP contribution in [0.25, 0.3) is 0 Å². The third-order valence-electron chi connectivity index (χ3n) is 3.73. The lowest BCUT2D eigenvalue weighted by atomic mass is 10.0. The molecule has 1 amide bonds. The SMILES string of the molecule is CCCC1CC1NC(=O)C1NCCC1C. The van der Waals surface area contributed by atoms with E-state index in [1.165, 1.54) is 19.3 Å². The molecule has 0 spiro atoms. The number of amides is 1. The molecule has 1 heterocycles. The van der Waals surface area contributed by atoms with Crippen molar-refractivity contribution in [1.82, 2.24) is 10.6 Å². The third-order valence-corrected chi connectivity index (χ3v) is 3.73. The van der Waals surface area contributed by atoms with Gasteiger partial charge in [-0.3, -0.25) is 4.79 Å². The molecule has 0 aromatic carbocycles. The molecule has 3 nitrogen and oxygen atoms in total. The average Bonchev–Trinajstić information content (AvgIpc) is 2.76. The second kappa shape index (κ2) is 4.52. The molecule has 0 bridgehead atoms. The summed E-state index contributed by atoms with van der Waals surface area (Å²) in [4.78, 5) is 11.9. The average molecular weight is 210 g/mol. The highest BCUT2D eigenvalue weighted by Gasteiger charge is 2.39. The zero-order chi connectivity index (χ0) is 10.8. The van der Waals surface area contributed by atoms with Crippen LogP contribution in [-0.4, -0.2) is 24.5 Å². The summed E-state index contributed by atoms with van der Waals surface area (Å²) in [5.74, 6) is 1.48. The highest BCUT2D eigenvalue weighted by molar-refractivity contribution is 5.83. The zero-order valence-corrected chi connectivity index (χ0v) is 9.75. The van der Waals surface area contributed by atoms with E-state index in [4.69, 9.17) is 0 Å². The number of nitrogens with one attached hydrogen (secondary N) is 2. The lowest BCUT2D eigenvalue weighted by molar-refractivity contribution is -0.123. The van der Waals surface area contributed by atoms with E-state index < -0.39 is 0 Å². The first-order valence-corrected chi connectivity index (χ1v) is 6.26. The molecule has 1 saturated heterocycles. The van der Waals surface area contributed by atoms with Gasteiger partial charge in [0.15, 0.2) is 0 Å². The molecule has 4 unspecified atom stereocenters. The van der Waals surface area contributed by atoms with Crippen molar-refractivity contribution in [3.05, 3.63) is 0 Å². The Kier molecular flexibility index (Phi) is 3.29. The van der Waals surface area contributed by atoms with Gasteiger partial charge in [0.2, 0.25) is 5.91 Å². The van der Waals surface area contributed by atoms with E-state index in [2.05, 4.69) is 24.5 Å². The topological polar surface area (TPSA) is 41.1 Å². The van der Waals surface area contributed by atoms with Crippen molar-refractivity contribution in [3.63, 3.8) is 0 Å². The van der Waals surface area contributed by atoms with Gasteiger partial charge in [0.25, 0.3) is 0 Å². The highest BCUT2D eigenvalue weighted by Crippen LogP contribution is 2.34. The van der Waals surface area contributed by atoms with Crippen LogP contribution < -0.4 is 10.6 Å². The Labute approximate surface area is 92.0 Å². The maximum atomic E-state index is 11.9. The van der Waals surface area contributed by atoms with Crippen LogP contribution in [0.15, 0.2) is 0 Å². The molecule has 86 valence electrons. The second-order valence-corrected chi connectivity index (χ2v) is 5.10. The predicted molar refractivity (Wildman–Crippen MR) is 60.5 cm³/mol. The van der Waals surface area contributed by atoms with Gasteiger partial charge < -0.3 is 10.6 Å². The summed E-state index contributed by atoms with van der Waals surface area (Å²) < 4.78 is 0. The van der Waals surface area contributed by atoms with Gasteiger partial charge in [0.1, 0.15) is 0 Å². The molecule has 1 aliphatic heterocycles. The molecule has 4 atom stereocenters. The Balaban J connectivity index is 1.74. The standard InChI is InChI=1S/C12H22N2O/c1-3-4-9-7-10(9)14-12(15)11-8(2)5-6-13-11/h8-11,13H,3-7H2,1-2H3,(H,14,15). The highest BCUT2D eigenvalue weighted by atomic mass is 16.2. The van der Waals surface area contributed by atoms with Gasteiger partial charge in [-0.25, -0.2) is 0 Å². The van der Waals surface area contributed by atoms with Crippen molar-refractivity contribution >= 4 is 5.91 Å². The Morgan fingerprint density at radius 3 is 2.93 bits per heavy atom. The van der Waals surface area contributed by atoms with Crippen LogP contribution in [0.4, 0.5) is 0 Å². The van der Waals surface area contributed by atoms with E-state index in [0.717, 1.165) is 18.9 Å². The van der Waals surface area contributed by atoms with E-state index in [9.17, 15) is 4.79 Å². The van der Waals surface area contributed by atoms with Gasteiger partial charge in [0.05, 0.1) is 6.04 Å². The summed E-state index contributed by atoms with van der Waals surface area (Å²) in [7, 11) is 0. The summed E-state index contributed by atoms with van der Waals surface area (Å²) >= 11 is 0. The molecule has 3 heteroatoms. The fourth-order valence-electron chi connectivity index (χ4n) is 2.57. The summed E-state index contributed by atoms with van der Waals surface area (Å²) in [6.07, 6.45) is 4.82. The number of carbonyl (C=O) groups is 1. The molecule has 15 heavy (non-hydrogen) atoms. The number of hydrogen-bond acceptors (Lipinski definition) is 2. The van der Waals surface area contributed by atoms with Gasteiger partial charge in [-0.1, -0.05) is 20.3 Å². The number of rotatable bonds is 4. The summed E-state index contributed by atoms with van der Waals surface area (Å²) in [5.41, 5.74) is 0. The van der Waals surface area contributed by atoms with Crippen LogP contribution in [0, 0.1) is 11.8 Å². The first kappa shape index (κ1) is 10.9. The van der Waals surface area contributed by atoms with Crippen LogP contribution >= 0.6 is 0 Å². The van der Waals surface area contributed by atoms with Crippen molar-refractivity contribution in [2.45, 2.75) is 51.6 Å². The first-order chi connectivity index (χ1) is 7.22. The van der Waals surface area contributed by atoms with E-state index >= 15 is 0 Å². The Hall–Kier alpha value is -0.570. The minimum Gasteiger partial charge on any atom is -0.352 e. The molecular formula is C12H22N2O. The van der Waals surface area contributed by atoms with Crippen LogP contribution in [0.2, 0.25) is 0 Å². The predicted octanol–water partition coefficient (Wildman–Crippen LogP) is 1.29.